The van der Waals surface area contributed by atoms with Gasteiger partial charge < -0.3 is 4.90 Å². The van der Waals surface area contributed by atoms with Gasteiger partial charge in [0.05, 0.1) is 4.88 Å². The number of hydrogen-bond donors (Lipinski definition) is 0. The molecule has 0 aliphatic heterocycles. The lowest BCUT2D eigenvalue weighted by atomic mass is 10.2. The molecule has 82 valence electrons. The second-order valence-corrected chi connectivity index (χ2v) is 4.60. The van der Waals surface area contributed by atoms with Gasteiger partial charge >= 0.3 is 0 Å². The third-order valence-corrected chi connectivity index (χ3v) is 3.43. The van der Waals surface area contributed by atoms with Crippen LogP contribution < -0.4 is 4.90 Å². The number of hydrogen-bond acceptors (Lipinski definition) is 4. The van der Waals surface area contributed by atoms with Crippen molar-refractivity contribution in [2.75, 3.05) is 19.0 Å². The molecule has 0 unspecified atom stereocenters. The van der Waals surface area contributed by atoms with Crippen molar-refractivity contribution in [1.29, 1.82) is 0 Å². The highest BCUT2D eigenvalue weighted by molar-refractivity contribution is 7.17. The van der Waals surface area contributed by atoms with Crippen LogP contribution in [0.5, 0.6) is 0 Å². The summed E-state index contributed by atoms with van der Waals surface area (Å²) in [5.74, 6) is 0. The molecule has 0 aliphatic rings. The standard InChI is InChI=1S/C10H13ClN2OS/c1-4-7(6-14)5-8-9(11)12-10(15-8)13(2)3/h5-6H,4H2,1-3H3. The first-order valence-electron chi connectivity index (χ1n) is 4.57. The molecular formula is C10H13ClN2OS. The van der Waals surface area contributed by atoms with Crippen molar-refractivity contribution < 1.29 is 4.79 Å². The SMILES string of the molecule is CCC(C=O)=Cc1sc(N(C)C)nc1Cl. The van der Waals surface area contributed by atoms with Crippen molar-refractivity contribution in [2.45, 2.75) is 13.3 Å². The smallest absolute Gasteiger partial charge is 0.186 e. The van der Waals surface area contributed by atoms with Gasteiger partial charge in [-0.2, -0.15) is 0 Å². The fourth-order valence-corrected chi connectivity index (χ4v) is 2.13. The summed E-state index contributed by atoms with van der Waals surface area (Å²) in [5.41, 5.74) is 0.728. The Kier molecular flexibility index (Phi) is 4.29. The summed E-state index contributed by atoms with van der Waals surface area (Å²) in [5, 5.41) is 1.30. The zero-order valence-electron chi connectivity index (χ0n) is 8.95. The third-order valence-electron chi connectivity index (χ3n) is 1.86. The predicted octanol–water partition coefficient (Wildman–Crippen LogP) is 2.85. The van der Waals surface area contributed by atoms with Crippen molar-refractivity contribution in [3.05, 3.63) is 15.6 Å². The minimum absolute atomic E-state index is 0.455. The molecule has 0 radical (unpaired) electrons. The molecule has 1 aromatic rings. The van der Waals surface area contributed by atoms with E-state index >= 15 is 0 Å². The van der Waals surface area contributed by atoms with E-state index in [0.717, 1.165) is 21.9 Å². The van der Waals surface area contributed by atoms with Gasteiger partial charge in [0.25, 0.3) is 0 Å². The van der Waals surface area contributed by atoms with Crippen LogP contribution in [0, 0.1) is 0 Å². The number of aldehydes is 1. The maximum atomic E-state index is 10.7. The summed E-state index contributed by atoms with van der Waals surface area (Å²) < 4.78 is 0. The van der Waals surface area contributed by atoms with Gasteiger partial charge in [-0.05, 0) is 18.1 Å². The topological polar surface area (TPSA) is 33.2 Å². The van der Waals surface area contributed by atoms with Gasteiger partial charge in [-0.1, -0.05) is 29.9 Å². The van der Waals surface area contributed by atoms with Gasteiger partial charge in [0.1, 0.15) is 11.4 Å². The number of nitrogens with zero attached hydrogens (tertiary/aromatic N) is 2. The fourth-order valence-electron chi connectivity index (χ4n) is 0.970. The Labute approximate surface area is 98.4 Å². The van der Waals surface area contributed by atoms with Crippen molar-refractivity contribution in [3.63, 3.8) is 0 Å². The number of thiazole rings is 1. The predicted molar refractivity (Wildman–Crippen MR) is 65.8 cm³/mol. The number of carbonyl (C=O) groups excluding carboxylic acids is 1. The molecule has 0 aromatic carbocycles. The van der Waals surface area contributed by atoms with Gasteiger partial charge in [-0.15, -0.1) is 0 Å². The largest absolute Gasteiger partial charge is 0.354 e. The van der Waals surface area contributed by atoms with Crippen molar-refractivity contribution in [1.82, 2.24) is 4.98 Å². The highest BCUT2D eigenvalue weighted by Crippen LogP contribution is 2.30. The van der Waals surface area contributed by atoms with E-state index in [1.165, 1.54) is 11.3 Å². The Morgan fingerprint density at radius 3 is 2.67 bits per heavy atom. The molecule has 0 saturated carbocycles. The maximum Gasteiger partial charge on any atom is 0.186 e. The van der Waals surface area contributed by atoms with E-state index < -0.39 is 0 Å². The van der Waals surface area contributed by atoms with Crippen LogP contribution >= 0.6 is 22.9 Å². The maximum absolute atomic E-state index is 10.7. The van der Waals surface area contributed by atoms with E-state index in [1.54, 1.807) is 6.08 Å². The second-order valence-electron chi connectivity index (χ2n) is 3.24. The Morgan fingerprint density at radius 1 is 1.60 bits per heavy atom. The van der Waals surface area contributed by atoms with E-state index in [-0.39, 0.29) is 0 Å². The minimum Gasteiger partial charge on any atom is -0.354 e. The summed E-state index contributed by atoms with van der Waals surface area (Å²) in [6, 6.07) is 0. The van der Waals surface area contributed by atoms with Gasteiger partial charge in [-0.3, -0.25) is 4.79 Å². The van der Waals surface area contributed by atoms with Gasteiger partial charge in [0.15, 0.2) is 5.13 Å². The highest BCUT2D eigenvalue weighted by atomic mass is 35.5. The highest BCUT2D eigenvalue weighted by Gasteiger charge is 2.09. The summed E-state index contributed by atoms with van der Waals surface area (Å²) in [4.78, 5) is 17.6. The van der Waals surface area contributed by atoms with E-state index in [0.29, 0.717) is 11.6 Å². The molecule has 0 bridgehead atoms. The Morgan fingerprint density at radius 2 is 2.27 bits per heavy atom. The summed E-state index contributed by atoms with van der Waals surface area (Å²) in [6.45, 7) is 1.93. The molecule has 0 saturated heterocycles. The first-order valence-corrected chi connectivity index (χ1v) is 5.77. The first-order chi connectivity index (χ1) is 7.08. The molecule has 3 nitrogen and oxygen atoms in total. The first kappa shape index (κ1) is 12.2. The molecule has 0 aliphatic carbocycles. The van der Waals surface area contributed by atoms with Crippen LogP contribution in [0.15, 0.2) is 5.57 Å². The molecule has 0 fully saturated rings. The lowest BCUT2D eigenvalue weighted by molar-refractivity contribution is -0.104. The van der Waals surface area contributed by atoms with Crippen LogP contribution in [0.4, 0.5) is 5.13 Å². The Hall–Kier alpha value is -0.870. The minimum atomic E-state index is 0.455. The van der Waals surface area contributed by atoms with Crippen molar-refractivity contribution in [3.8, 4) is 0 Å². The van der Waals surface area contributed by atoms with Gasteiger partial charge in [-0.25, -0.2) is 4.98 Å². The number of carbonyl (C=O) groups is 1. The van der Waals surface area contributed by atoms with Crippen LogP contribution in [-0.4, -0.2) is 25.4 Å². The van der Waals surface area contributed by atoms with Crippen LogP contribution in [0.3, 0.4) is 0 Å². The number of anilines is 1. The molecule has 0 atom stereocenters. The number of halogens is 1. The zero-order chi connectivity index (χ0) is 11.4. The van der Waals surface area contributed by atoms with Gasteiger partial charge in [0.2, 0.25) is 0 Å². The van der Waals surface area contributed by atoms with Crippen molar-refractivity contribution >= 4 is 40.4 Å². The van der Waals surface area contributed by atoms with E-state index in [9.17, 15) is 4.79 Å². The average Bonchev–Trinajstić information content (AvgIpc) is 2.56. The number of allylic oxidation sites excluding steroid dienone is 1. The lowest BCUT2D eigenvalue weighted by Crippen LogP contribution is -2.07. The second kappa shape index (κ2) is 5.28. The van der Waals surface area contributed by atoms with Crippen LogP contribution in [0.2, 0.25) is 5.15 Å². The van der Waals surface area contributed by atoms with E-state index in [2.05, 4.69) is 4.98 Å². The Balaban J connectivity index is 3.04. The van der Waals surface area contributed by atoms with Crippen LogP contribution in [0.25, 0.3) is 6.08 Å². The quantitative estimate of drug-likeness (QED) is 0.603. The van der Waals surface area contributed by atoms with Crippen molar-refractivity contribution in [2.24, 2.45) is 0 Å². The normalized spacial score (nSPS) is 11.6. The average molecular weight is 245 g/mol. The fraction of sp³-hybridized carbons (Fsp3) is 0.400. The summed E-state index contributed by atoms with van der Waals surface area (Å²) >= 11 is 7.43. The lowest BCUT2D eigenvalue weighted by Gasteiger charge is -2.04. The molecule has 5 heteroatoms. The monoisotopic (exact) mass is 244 g/mol. The molecule has 0 amide bonds. The molecule has 1 aromatic heterocycles. The number of aromatic nitrogens is 1. The summed E-state index contributed by atoms with van der Waals surface area (Å²) in [6.07, 6.45) is 3.35. The van der Waals surface area contributed by atoms with E-state index in [4.69, 9.17) is 11.6 Å². The van der Waals surface area contributed by atoms with Gasteiger partial charge in [0, 0.05) is 14.1 Å². The van der Waals surface area contributed by atoms with Crippen LogP contribution in [0.1, 0.15) is 18.2 Å². The molecule has 0 spiro atoms. The third kappa shape index (κ3) is 3.04. The van der Waals surface area contributed by atoms with Crippen LogP contribution in [-0.2, 0) is 4.79 Å². The molecule has 15 heavy (non-hydrogen) atoms. The number of rotatable bonds is 4. The Bertz CT molecular complexity index is 385. The molecule has 1 rings (SSSR count). The molecule has 0 N–H and O–H groups in total. The summed E-state index contributed by atoms with van der Waals surface area (Å²) in [7, 11) is 3.81. The molecular weight excluding hydrogens is 232 g/mol. The zero-order valence-corrected chi connectivity index (χ0v) is 10.5. The van der Waals surface area contributed by atoms with E-state index in [1.807, 2.05) is 25.9 Å². The molecule has 1 heterocycles.